The van der Waals surface area contributed by atoms with Crippen LogP contribution in [0.1, 0.15) is 42.8 Å². The van der Waals surface area contributed by atoms with E-state index < -0.39 is 5.91 Å². The van der Waals surface area contributed by atoms with Gasteiger partial charge in [0.2, 0.25) is 0 Å². The molecule has 1 aliphatic rings. The molecule has 1 aliphatic heterocycles. The lowest BCUT2D eigenvalue weighted by Gasteiger charge is -2.29. The Hall–Kier alpha value is -1.11. The number of amides is 1. The Morgan fingerprint density at radius 1 is 1.45 bits per heavy atom. The Balaban J connectivity index is 2.29. The van der Waals surface area contributed by atoms with E-state index in [9.17, 15) is 4.79 Å². The summed E-state index contributed by atoms with van der Waals surface area (Å²) in [5.74, 6) is -0.532. The first-order valence-corrected chi connectivity index (χ1v) is 7.25. The second-order valence-electron chi connectivity index (χ2n) is 6.01. The molecule has 1 aromatic rings. The van der Waals surface area contributed by atoms with Crippen LogP contribution in [-0.4, -0.2) is 29.6 Å². The van der Waals surface area contributed by atoms with E-state index in [0.29, 0.717) is 22.5 Å². The van der Waals surface area contributed by atoms with Crippen molar-refractivity contribution in [2.75, 3.05) is 19.0 Å². The molecule has 1 unspecified atom stereocenters. The third kappa shape index (κ3) is 2.97. The van der Waals surface area contributed by atoms with Gasteiger partial charge >= 0.3 is 0 Å². The molecule has 0 bridgehead atoms. The number of nitrogen functional groups attached to an aromatic ring is 1. The van der Waals surface area contributed by atoms with Gasteiger partial charge in [-0.1, -0.05) is 0 Å². The van der Waals surface area contributed by atoms with Gasteiger partial charge in [0.15, 0.2) is 0 Å². The van der Waals surface area contributed by atoms with Gasteiger partial charge in [-0.3, -0.25) is 9.69 Å². The molecule has 4 N–H and O–H groups in total. The van der Waals surface area contributed by atoms with Crippen LogP contribution in [0.4, 0.5) is 5.69 Å². The minimum atomic E-state index is -0.532. The van der Waals surface area contributed by atoms with Crippen LogP contribution in [0, 0.1) is 0 Å². The summed E-state index contributed by atoms with van der Waals surface area (Å²) in [6, 6.07) is 3.61. The highest BCUT2D eigenvalue weighted by atomic mass is 79.9. The molecule has 0 aromatic heterocycles. The zero-order valence-corrected chi connectivity index (χ0v) is 13.5. The van der Waals surface area contributed by atoms with Gasteiger partial charge in [-0.2, -0.15) is 0 Å². The van der Waals surface area contributed by atoms with Gasteiger partial charge in [0.25, 0.3) is 5.91 Å². The van der Waals surface area contributed by atoms with Crippen molar-refractivity contribution < 1.29 is 9.53 Å². The molecule has 0 radical (unpaired) electrons. The molecule has 5 nitrogen and oxygen atoms in total. The van der Waals surface area contributed by atoms with E-state index in [1.807, 2.05) is 6.07 Å². The zero-order chi connectivity index (χ0) is 15.1. The molecular weight excluding hydrogens is 322 g/mol. The molecule has 0 spiro atoms. The summed E-state index contributed by atoms with van der Waals surface area (Å²) in [6.45, 7) is 7.78. The van der Waals surface area contributed by atoms with E-state index in [1.165, 1.54) is 0 Å². The van der Waals surface area contributed by atoms with Crippen LogP contribution >= 0.6 is 15.9 Å². The molecule has 6 heteroatoms. The van der Waals surface area contributed by atoms with Crippen LogP contribution in [0.25, 0.3) is 0 Å². The average molecular weight is 342 g/mol. The van der Waals surface area contributed by atoms with E-state index in [4.69, 9.17) is 16.2 Å². The van der Waals surface area contributed by atoms with E-state index in [-0.39, 0.29) is 11.6 Å². The van der Waals surface area contributed by atoms with Crippen LogP contribution in [-0.2, 0) is 4.74 Å². The Kier molecular flexibility index (Phi) is 4.09. The van der Waals surface area contributed by atoms with Crippen molar-refractivity contribution in [1.29, 1.82) is 0 Å². The smallest absolute Gasteiger partial charge is 0.250 e. The third-order valence-electron chi connectivity index (χ3n) is 3.56. The number of anilines is 1. The summed E-state index contributed by atoms with van der Waals surface area (Å²) in [5.41, 5.74) is 12.9. The first-order valence-electron chi connectivity index (χ1n) is 6.45. The second-order valence-corrected chi connectivity index (χ2v) is 6.86. The van der Waals surface area contributed by atoms with Gasteiger partial charge in [-0.05, 0) is 54.4 Å². The summed E-state index contributed by atoms with van der Waals surface area (Å²) in [7, 11) is 0. The molecule has 0 saturated carbocycles. The fourth-order valence-corrected chi connectivity index (χ4v) is 2.66. The maximum atomic E-state index is 11.4. The number of nitrogens with two attached hydrogens (primary N) is 2. The molecule has 0 aliphatic carbocycles. The third-order valence-corrected chi connectivity index (χ3v) is 4.21. The number of halogens is 1. The summed E-state index contributed by atoms with van der Waals surface area (Å²) >= 11 is 3.36. The largest absolute Gasteiger partial charge is 0.397 e. The van der Waals surface area contributed by atoms with Gasteiger partial charge in [0.1, 0.15) is 6.73 Å². The van der Waals surface area contributed by atoms with Crippen molar-refractivity contribution >= 4 is 27.5 Å². The molecule has 1 aromatic carbocycles. The maximum absolute atomic E-state index is 11.4. The highest BCUT2D eigenvalue weighted by Gasteiger charge is 2.32. The predicted molar refractivity (Wildman–Crippen MR) is 82.2 cm³/mol. The number of hydrogen-bond acceptors (Lipinski definition) is 4. The van der Waals surface area contributed by atoms with Gasteiger partial charge < -0.3 is 16.2 Å². The predicted octanol–water partition coefficient (Wildman–Crippen LogP) is 2.26. The molecular formula is C14H20BrN3O2. The van der Waals surface area contributed by atoms with Crippen molar-refractivity contribution in [2.45, 2.75) is 32.4 Å². The standard InChI is InChI=1S/C14H20BrN3O2/c1-14(2,3)18-6-11(20-7-18)8-4-9(13(17)19)12(16)10(15)5-8/h4-5,11H,6-7,16H2,1-3H3,(H2,17,19). The van der Waals surface area contributed by atoms with E-state index >= 15 is 0 Å². The first kappa shape index (κ1) is 15.3. The fourth-order valence-electron chi connectivity index (χ4n) is 2.18. The Bertz CT molecular complexity index is 540. The molecule has 20 heavy (non-hydrogen) atoms. The number of primary amides is 1. The average Bonchev–Trinajstić information content (AvgIpc) is 2.81. The van der Waals surface area contributed by atoms with E-state index in [2.05, 4.69) is 41.6 Å². The molecule has 1 fully saturated rings. The summed E-state index contributed by atoms with van der Waals surface area (Å²) in [6.07, 6.45) is -0.0794. The maximum Gasteiger partial charge on any atom is 0.250 e. The van der Waals surface area contributed by atoms with Crippen molar-refractivity contribution in [3.8, 4) is 0 Å². The summed E-state index contributed by atoms with van der Waals surface area (Å²) in [5, 5.41) is 0. The monoisotopic (exact) mass is 341 g/mol. The van der Waals surface area contributed by atoms with Crippen molar-refractivity contribution in [3.05, 3.63) is 27.7 Å². The Morgan fingerprint density at radius 3 is 2.60 bits per heavy atom. The number of hydrogen-bond donors (Lipinski definition) is 2. The van der Waals surface area contributed by atoms with E-state index in [0.717, 1.165) is 12.1 Å². The quantitative estimate of drug-likeness (QED) is 0.808. The Morgan fingerprint density at radius 2 is 2.10 bits per heavy atom. The van der Waals surface area contributed by atoms with Crippen LogP contribution in [0.5, 0.6) is 0 Å². The first-order chi connectivity index (χ1) is 9.20. The summed E-state index contributed by atoms with van der Waals surface area (Å²) in [4.78, 5) is 13.7. The van der Waals surface area contributed by atoms with Gasteiger partial charge in [-0.25, -0.2) is 0 Å². The normalized spacial score (nSPS) is 20.3. The molecule has 1 atom stereocenters. The lowest BCUT2D eigenvalue weighted by atomic mass is 10.0. The molecule has 1 amide bonds. The number of rotatable bonds is 2. The number of ether oxygens (including phenoxy) is 1. The molecule has 1 heterocycles. The Labute approximate surface area is 127 Å². The highest BCUT2D eigenvalue weighted by Crippen LogP contribution is 2.33. The van der Waals surface area contributed by atoms with Gasteiger partial charge in [-0.15, -0.1) is 0 Å². The molecule has 2 rings (SSSR count). The molecule has 110 valence electrons. The van der Waals surface area contributed by atoms with Crippen LogP contribution in [0.3, 0.4) is 0 Å². The number of nitrogens with zero attached hydrogens (tertiary/aromatic N) is 1. The highest BCUT2D eigenvalue weighted by molar-refractivity contribution is 9.10. The van der Waals surface area contributed by atoms with Crippen LogP contribution < -0.4 is 11.5 Å². The minimum absolute atomic E-state index is 0.0479. The SMILES string of the molecule is CC(C)(C)N1COC(c2cc(Br)c(N)c(C(N)=O)c2)C1. The van der Waals surface area contributed by atoms with Crippen molar-refractivity contribution in [3.63, 3.8) is 0 Å². The zero-order valence-electron chi connectivity index (χ0n) is 11.9. The minimum Gasteiger partial charge on any atom is -0.397 e. The number of benzene rings is 1. The lowest BCUT2D eigenvalue weighted by molar-refractivity contribution is 0.0607. The topological polar surface area (TPSA) is 81.6 Å². The summed E-state index contributed by atoms with van der Waals surface area (Å²) < 4.78 is 6.49. The van der Waals surface area contributed by atoms with Crippen molar-refractivity contribution in [1.82, 2.24) is 4.90 Å². The van der Waals surface area contributed by atoms with E-state index in [1.54, 1.807) is 6.07 Å². The lowest BCUT2D eigenvalue weighted by Crippen LogP contribution is -2.39. The second kappa shape index (κ2) is 5.35. The number of carbonyl (C=O) groups excluding carboxylic acids is 1. The van der Waals surface area contributed by atoms with Gasteiger partial charge in [0.05, 0.1) is 17.4 Å². The number of carbonyl (C=O) groups is 1. The van der Waals surface area contributed by atoms with Gasteiger partial charge in [0, 0.05) is 16.6 Å². The molecule has 1 saturated heterocycles. The van der Waals surface area contributed by atoms with Crippen LogP contribution in [0.15, 0.2) is 16.6 Å². The van der Waals surface area contributed by atoms with Crippen LogP contribution in [0.2, 0.25) is 0 Å². The fraction of sp³-hybridized carbons (Fsp3) is 0.500. The van der Waals surface area contributed by atoms with Crippen molar-refractivity contribution in [2.24, 2.45) is 5.73 Å².